The molecule has 1 unspecified atom stereocenters. The molecule has 2 aromatic heterocycles. The Hall–Kier alpha value is -6.69. The van der Waals surface area contributed by atoms with Crippen molar-refractivity contribution in [1.82, 2.24) is 29.9 Å². The summed E-state index contributed by atoms with van der Waals surface area (Å²) in [5, 5.41) is 0. The van der Waals surface area contributed by atoms with E-state index in [1.54, 1.807) is 0 Å². The fourth-order valence-corrected chi connectivity index (χ4v) is 6.18. The van der Waals surface area contributed by atoms with Gasteiger partial charge in [-0.1, -0.05) is 12.1 Å². The fourth-order valence-electron chi connectivity index (χ4n) is 6.18. The molecule has 1 atom stereocenters. The Kier molecular flexibility index (Phi) is 19.0. The molecule has 88 heavy (non-hydrogen) atoms. The summed E-state index contributed by atoms with van der Waals surface area (Å²) in [5.74, 6) is -93.0. The summed E-state index contributed by atoms with van der Waals surface area (Å²) in [6.07, 6.45) is -35.7. The van der Waals surface area contributed by atoms with Crippen molar-refractivity contribution in [2.75, 3.05) is 55.9 Å². The predicted molar refractivity (Wildman–Crippen MR) is 199 cm³/mol. The second kappa shape index (κ2) is 22.7. The number of nitrogens with zero attached hydrogens (tertiary/aromatic N) is 8. The lowest BCUT2D eigenvalue weighted by atomic mass is 10.0. The average Bonchev–Trinajstić information content (AvgIpc) is 0.924. The summed E-state index contributed by atoms with van der Waals surface area (Å²) in [6.45, 7) is -19.1. The van der Waals surface area contributed by atoms with E-state index >= 15 is 0 Å². The third-order valence-electron chi connectivity index (χ3n) is 11.1. The van der Waals surface area contributed by atoms with Crippen molar-refractivity contribution >= 4 is 11.9 Å². The van der Waals surface area contributed by atoms with Crippen molar-refractivity contribution < 1.29 is 190 Å². The van der Waals surface area contributed by atoms with Crippen LogP contribution in [0.4, 0.5) is 183 Å². The van der Waals surface area contributed by atoms with Gasteiger partial charge in [0.2, 0.25) is 11.9 Å². The minimum atomic E-state index is -7.77. The smallest absolute Gasteiger partial charge is 0.457 e. The number of aromatic nitrogens is 6. The minimum Gasteiger partial charge on any atom is -0.457 e. The monoisotopic (exact) mass is 1380 g/mol. The van der Waals surface area contributed by atoms with Crippen molar-refractivity contribution in [3.05, 3.63) is 35.4 Å². The van der Waals surface area contributed by atoms with Gasteiger partial charge >= 0.3 is 126 Å². The number of anilines is 2. The number of piperazine rings is 1. The maximum Gasteiger partial charge on any atom is 0.460 e. The van der Waals surface area contributed by atoms with Gasteiger partial charge in [0.1, 0.15) is 0 Å². The van der Waals surface area contributed by atoms with Gasteiger partial charge in [0, 0.05) is 19.6 Å². The molecule has 0 spiro atoms. The number of benzene rings is 1. The third kappa shape index (κ3) is 13.4. The van der Waals surface area contributed by atoms with Gasteiger partial charge in [-0.05, 0) is 17.7 Å². The lowest BCUT2D eigenvalue weighted by Gasteiger charge is -2.41. The van der Waals surface area contributed by atoms with Gasteiger partial charge in [0.05, 0.1) is 11.6 Å². The van der Waals surface area contributed by atoms with Crippen LogP contribution in [0.15, 0.2) is 24.3 Å². The molecule has 1 aromatic carbocycles. The molecule has 0 aliphatic carbocycles. The van der Waals surface area contributed by atoms with Crippen LogP contribution in [0.25, 0.3) is 0 Å². The largest absolute Gasteiger partial charge is 0.460 e. The molecule has 12 nitrogen and oxygen atoms in total. The third-order valence-corrected chi connectivity index (χ3v) is 11.1. The number of rotatable bonds is 23. The molecule has 0 N–H and O–H groups in total. The van der Waals surface area contributed by atoms with E-state index in [1.807, 2.05) is 0 Å². The van der Waals surface area contributed by atoms with E-state index in [4.69, 9.17) is 0 Å². The first-order chi connectivity index (χ1) is 38.8. The maximum absolute atomic E-state index is 14.6. The highest BCUT2D eigenvalue weighted by molar-refractivity contribution is 5.45. The van der Waals surface area contributed by atoms with E-state index in [1.165, 1.54) is 0 Å². The van der Waals surface area contributed by atoms with E-state index in [0.717, 1.165) is 0 Å². The molecule has 0 radical (unpaired) electrons. The van der Waals surface area contributed by atoms with Crippen LogP contribution in [0.5, 0.6) is 24.0 Å². The van der Waals surface area contributed by atoms with Gasteiger partial charge in [0.15, 0.2) is 26.4 Å². The van der Waals surface area contributed by atoms with Crippen LogP contribution >= 0.6 is 0 Å². The molecule has 504 valence electrons. The molecule has 1 saturated heterocycles. The molecule has 51 heteroatoms. The second-order valence-electron chi connectivity index (χ2n) is 17.2. The summed E-state index contributed by atoms with van der Waals surface area (Å²) in [6, 6.07) is -11.7. The normalized spacial score (nSPS) is 16.9. The van der Waals surface area contributed by atoms with Gasteiger partial charge in [-0.2, -0.15) is 191 Å². The lowest BCUT2D eigenvalue weighted by molar-refractivity contribution is -0.398. The van der Waals surface area contributed by atoms with E-state index in [0.29, 0.717) is 0 Å². The van der Waals surface area contributed by atoms with Crippen molar-refractivity contribution in [2.24, 2.45) is 0 Å². The molecule has 0 bridgehead atoms. The van der Waals surface area contributed by atoms with Crippen LogP contribution in [-0.4, -0.2) is 172 Å². The Labute approximate surface area is 455 Å². The predicted octanol–water partition coefficient (Wildman–Crippen LogP) is 13.5. The Morgan fingerprint density at radius 2 is 0.568 bits per heavy atom. The van der Waals surface area contributed by atoms with Gasteiger partial charge in [-0.25, -0.2) is 0 Å². The summed E-state index contributed by atoms with van der Waals surface area (Å²) in [5.41, 5.74) is -2.62. The average molecular weight is 1380 g/mol. The number of halogens is 39. The standard InChI is InChI=1S/C37H19F39N8O4/c38-21(39,26(49,50)30(57,58)34(65,66)67)8-85-17-77-15(78-18(81-17)86-9-22(40,41)27(51,52)31(59,60)35(68,69)70)83-5-6-84(14(7-83)12-1-3-13(4-2-12)25(46,47)48)16-79-19(87-10-23(42,43)28(53,54)32(61,62)36(71,72)73)82-20(80-16)88-11-24(44,45)29(55,56)33(63,64)37(74,75)76/h1-4,14H,5-11H2. The van der Waals surface area contributed by atoms with Gasteiger partial charge < -0.3 is 28.7 Å². The fraction of sp³-hybridized carbons (Fsp3) is 0.676. The first kappa shape index (κ1) is 73.8. The van der Waals surface area contributed by atoms with E-state index in [2.05, 4.69) is 48.9 Å². The SMILES string of the molecule is FC(F)(F)c1ccc(C2CN(c3nc(OCC(F)(F)C(F)(F)C(F)(F)C(F)(F)F)nc(OCC(F)(F)C(F)(F)C(F)(F)C(F)(F)F)n3)CCN2c2nc(OCC(F)(F)C(F)(F)C(F)(F)C(F)(F)F)nc(OCC(F)(F)C(F)(F)C(F)(F)C(F)(F)F)n2)cc1. The summed E-state index contributed by atoms with van der Waals surface area (Å²) < 4.78 is 547. The van der Waals surface area contributed by atoms with E-state index in [9.17, 15) is 171 Å². The van der Waals surface area contributed by atoms with Crippen molar-refractivity contribution in [3.63, 3.8) is 0 Å². The Balaban J connectivity index is 1.97. The Morgan fingerprint density at radius 3 is 0.807 bits per heavy atom. The number of alkyl halides is 39. The van der Waals surface area contributed by atoms with Crippen LogP contribution in [0.3, 0.4) is 0 Å². The minimum absolute atomic E-state index is 0.0261. The summed E-state index contributed by atoms with van der Waals surface area (Å²) in [7, 11) is 0. The quantitative estimate of drug-likeness (QED) is 0.0841. The Morgan fingerprint density at radius 1 is 0.318 bits per heavy atom. The van der Waals surface area contributed by atoms with Crippen LogP contribution in [0, 0.1) is 0 Å². The van der Waals surface area contributed by atoms with Crippen molar-refractivity contribution in [3.8, 4) is 24.0 Å². The molecule has 4 rings (SSSR count). The van der Waals surface area contributed by atoms with Crippen LogP contribution in [0.1, 0.15) is 17.2 Å². The highest BCUT2D eigenvalue weighted by atomic mass is 19.5. The first-order valence-electron chi connectivity index (χ1n) is 21.4. The summed E-state index contributed by atoms with van der Waals surface area (Å²) >= 11 is 0. The zero-order valence-electron chi connectivity index (χ0n) is 40.3. The van der Waals surface area contributed by atoms with Gasteiger partial charge in [-0.3, -0.25) is 0 Å². The topological polar surface area (TPSA) is 121 Å². The molecule has 0 amide bonds. The molecule has 3 heterocycles. The molecule has 1 fully saturated rings. The number of hydrogen-bond acceptors (Lipinski definition) is 12. The molecule has 1 aliphatic heterocycles. The van der Waals surface area contributed by atoms with Crippen molar-refractivity contribution in [2.45, 2.75) is 108 Å². The molecule has 1 aliphatic rings. The van der Waals surface area contributed by atoms with Gasteiger partial charge in [0.25, 0.3) is 0 Å². The lowest BCUT2D eigenvalue weighted by Crippen LogP contribution is -2.62. The van der Waals surface area contributed by atoms with E-state index < -0.39 is 201 Å². The zero-order valence-corrected chi connectivity index (χ0v) is 40.3. The zero-order chi connectivity index (χ0) is 68.7. The first-order valence-corrected chi connectivity index (χ1v) is 21.4. The molecular formula is C37H19F39N8O4. The maximum atomic E-state index is 14.6. The van der Waals surface area contributed by atoms with Crippen LogP contribution in [0.2, 0.25) is 0 Å². The Bertz CT molecular complexity index is 2760. The van der Waals surface area contributed by atoms with Crippen LogP contribution < -0.4 is 28.7 Å². The second-order valence-corrected chi connectivity index (χ2v) is 17.2. The van der Waals surface area contributed by atoms with Crippen LogP contribution in [-0.2, 0) is 6.18 Å². The highest BCUT2D eigenvalue weighted by Gasteiger charge is 2.85. The summed E-state index contributed by atoms with van der Waals surface area (Å²) in [4.78, 5) is 17.2. The number of hydrogen-bond donors (Lipinski definition) is 0. The highest BCUT2D eigenvalue weighted by Crippen LogP contribution is 2.57. The number of ether oxygens (including phenoxy) is 4. The van der Waals surface area contributed by atoms with E-state index in [-0.39, 0.29) is 34.1 Å². The molecular weight excluding hydrogens is 1360 g/mol. The molecule has 0 saturated carbocycles. The molecule has 3 aromatic rings. The van der Waals surface area contributed by atoms with Crippen molar-refractivity contribution in [1.29, 1.82) is 0 Å². The van der Waals surface area contributed by atoms with Gasteiger partial charge in [-0.15, -0.1) is 9.97 Å².